The summed E-state index contributed by atoms with van der Waals surface area (Å²) < 4.78 is 6.89. The van der Waals surface area contributed by atoms with Crippen LogP contribution in [0.4, 0.5) is 0 Å². The quantitative estimate of drug-likeness (QED) is 0.795. The lowest BCUT2D eigenvalue weighted by Crippen LogP contribution is -2.12. The molecule has 2 N–H and O–H groups in total. The second-order valence-electron chi connectivity index (χ2n) is 5.03. The van der Waals surface area contributed by atoms with Gasteiger partial charge in [0.1, 0.15) is 0 Å². The molecule has 0 amide bonds. The average Bonchev–Trinajstić information content (AvgIpc) is 2.94. The Labute approximate surface area is 115 Å². The van der Waals surface area contributed by atoms with Gasteiger partial charge >= 0.3 is 0 Å². The highest BCUT2D eigenvalue weighted by atomic mass is 32.2. The van der Waals surface area contributed by atoms with Gasteiger partial charge in [-0.2, -0.15) is 4.98 Å². The number of hydrogen-bond acceptors (Lipinski definition) is 8. The van der Waals surface area contributed by atoms with Crippen molar-refractivity contribution in [2.24, 2.45) is 5.73 Å². The van der Waals surface area contributed by atoms with Gasteiger partial charge in [0, 0.05) is 12.0 Å². The van der Waals surface area contributed by atoms with Crippen molar-refractivity contribution in [2.75, 3.05) is 6.54 Å². The van der Waals surface area contributed by atoms with Crippen molar-refractivity contribution in [3.63, 3.8) is 0 Å². The van der Waals surface area contributed by atoms with Crippen LogP contribution in [0.25, 0.3) is 0 Å². The van der Waals surface area contributed by atoms with Gasteiger partial charge in [0.15, 0.2) is 5.82 Å². The molecule has 0 radical (unpaired) electrons. The maximum absolute atomic E-state index is 5.48. The zero-order valence-electron chi connectivity index (χ0n) is 11.2. The van der Waals surface area contributed by atoms with Crippen molar-refractivity contribution in [1.29, 1.82) is 0 Å². The number of rotatable bonds is 5. The minimum Gasteiger partial charge on any atom is -0.339 e. The van der Waals surface area contributed by atoms with Crippen molar-refractivity contribution < 1.29 is 4.52 Å². The third-order valence-corrected chi connectivity index (χ3v) is 3.23. The molecular formula is C10H17N7OS. The zero-order chi connectivity index (χ0) is 13.9. The fraction of sp³-hybridized carbons (Fsp3) is 0.700. The van der Waals surface area contributed by atoms with Crippen molar-refractivity contribution in [1.82, 2.24) is 30.3 Å². The average molecular weight is 283 g/mol. The molecule has 0 aliphatic rings. The molecule has 0 aromatic carbocycles. The van der Waals surface area contributed by atoms with Crippen LogP contribution in [0.1, 0.15) is 32.5 Å². The molecule has 9 heteroatoms. The van der Waals surface area contributed by atoms with Crippen LogP contribution in [0.5, 0.6) is 0 Å². The van der Waals surface area contributed by atoms with E-state index >= 15 is 0 Å². The molecule has 0 unspecified atom stereocenters. The van der Waals surface area contributed by atoms with Crippen molar-refractivity contribution >= 4 is 11.8 Å². The van der Waals surface area contributed by atoms with Crippen molar-refractivity contribution in [2.45, 2.75) is 43.6 Å². The van der Waals surface area contributed by atoms with Gasteiger partial charge in [0.05, 0.1) is 12.3 Å². The summed E-state index contributed by atoms with van der Waals surface area (Å²) in [6.45, 7) is 7.17. The molecular weight excluding hydrogens is 266 g/mol. The normalized spacial score (nSPS) is 12.0. The minimum absolute atomic E-state index is 0.142. The van der Waals surface area contributed by atoms with E-state index in [-0.39, 0.29) is 5.41 Å². The highest BCUT2D eigenvalue weighted by Crippen LogP contribution is 2.22. The van der Waals surface area contributed by atoms with E-state index in [2.05, 4.69) is 25.7 Å². The number of tetrazole rings is 1. The first kappa shape index (κ1) is 13.9. The maximum Gasteiger partial charge on any atom is 0.232 e. The monoisotopic (exact) mass is 283 g/mol. The summed E-state index contributed by atoms with van der Waals surface area (Å²) in [5.41, 5.74) is 5.34. The number of thioether (sulfide) groups is 1. The lowest BCUT2D eigenvalue weighted by Gasteiger charge is -2.10. The molecule has 2 aromatic rings. The van der Waals surface area contributed by atoms with Crippen molar-refractivity contribution in [3.8, 4) is 0 Å². The largest absolute Gasteiger partial charge is 0.339 e. The fourth-order valence-electron chi connectivity index (χ4n) is 1.31. The van der Waals surface area contributed by atoms with Crippen LogP contribution in [-0.4, -0.2) is 36.9 Å². The molecule has 104 valence electrons. The maximum atomic E-state index is 5.48. The van der Waals surface area contributed by atoms with E-state index in [1.54, 1.807) is 4.68 Å². The third kappa shape index (κ3) is 3.51. The van der Waals surface area contributed by atoms with Crippen LogP contribution in [0.3, 0.4) is 0 Å². The van der Waals surface area contributed by atoms with Gasteiger partial charge in [0.2, 0.25) is 11.0 Å². The van der Waals surface area contributed by atoms with Gasteiger partial charge in [-0.05, 0) is 10.4 Å². The van der Waals surface area contributed by atoms with E-state index in [1.165, 1.54) is 11.8 Å². The first-order valence-electron chi connectivity index (χ1n) is 5.93. The van der Waals surface area contributed by atoms with E-state index in [9.17, 15) is 0 Å². The molecule has 0 atom stereocenters. The first-order valence-corrected chi connectivity index (χ1v) is 6.91. The van der Waals surface area contributed by atoms with Crippen LogP contribution in [0.2, 0.25) is 0 Å². The Kier molecular flexibility index (Phi) is 4.15. The smallest absolute Gasteiger partial charge is 0.232 e. The molecule has 2 rings (SSSR count). The van der Waals surface area contributed by atoms with Gasteiger partial charge < -0.3 is 10.3 Å². The second kappa shape index (κ2) is 5.66. The molecule has 0 aliphatic heterocycles. The van der Waals surface area contributed by atoms with Crippen molar-refractivity contribution in [3.05, 3.63) is 11.7 Å². The summed E-state index contributed by atoms with van der Waals surface area (Å²) >= 11 is 1.46. The lowest BCUT2D eigenvalue weighted by atomic mass is 9.97. The number of nitrogens with two attached hydrogens (primary N) is 1. The van der Waals surface area contributed by atoms with Gasteiger partial charge in [-0.25, -0.2) is 4.68 Å². The van der Waals surface area contributed by atoms with E-state index < -0.39 is 0 Å². The molecule has 2 heterocycles. The van der Waals surface area contributed by atoms with Crippen LogP contribution >= 0.6 is 11.8 Å². The molecule has 0 aliphatic carbocycles. The summed E-state index contributed by atoms with van der Waals surface area (Å²) in [6.07, 6.45) is 0. The van der Waals surface area contributed by atoms with Crippen LogP contribution < -0.4 is 5.73 Å². The predicted molar refractivity (Wildman–Crippen MR) is 69.4 cm³/mol. The van der Waals surface area contributed by atoms with E-state index in [0.717, 1.165) is 0 Å². The predicted octanol–water partition coefficient (Wildman–Crippen LogP) is 0.605. The Balaban J connectivity index is 1.99. The molecule has 0 saturated carbocycles. The van der Waals surface area contributed by atoms with E-state index in [1.807, 2.05) is 20.8 Å². The molecule has 2 aromatic heterocycles. The summed E-state index contributed by atoms with van der Waals surface area (Å²) in [7, 11) is 0. The Morgan fingerprint density at radius 1 is 1.37 bits per heavy atom. The van der Waals surface area contributed by atoms with Gasteiger partial charge in [-0.15, -0.1) is 5.10 Å². The Morgan fingerprint density at radius 3 is 2.79 bits per heavy atom. The van der Waals surface area contributed by atoms with Gasteiger partial charge in [-0.1, -0.05) is 37.7 Å². The molecule has 19 heavy (non-hydrogen) atoms. The number of hydrogen-bond donors (Lipinski definition) is 1. The first-order chi connectivity index (χ1) is 9.00. The van der Waals surface area contributed by atoms with Crippen LogP contribution in [0.15, 0.2) is 9.68 Å². The highest BCUT2D eigenvalue weighted by Gasteiger charge is 2.21. The summed E-state index contributed by atoms with van der Waals surface area (Å²) in [5.74, 6) is 1.83. The summed E-state index contributed by atoms with van der Waals surface area (Å²) in [6, 6.07) is 0. The zero-order valence-corrected chi connectivity index (χ0v) is 12.0. The Hall–Kier alpha value is -1.48. The fourth-order valence-corrected chi connectivity index (χ4v) is 2.06. The van der Waals surface area contributed by atoms with Gasteiger partial charge in [0.25, 0.3) is 0 Å². The molecule has 0 saturated heterocycles. The van der Waals surface area contributed by atoms with Crippen LogP contribution in [0, 0.1) is 0 Å². The SMILES string of the molecule is CC(C)(C)c1nc(CSc2nnnn2CCN)no1. The molecule has 8 nitrogen and oxygen atoms in total. The number of aromatic nitrogens is 6. The topological polar surface area (TPSA) is 109 Å². The molecule has 0 fully saturated rings. The standard InChI is InChI=1S/C10H17N7OS/c1-10(2,3)8-12-7(14-18-8)6-19-9-13-15-16-17(9)5-4-11/h4-6,11H2,1-3H3. The van der Waals surface area contributed by atoms with Gasteiger partial charge in [-0.3, -0.25) is 0 Å². The lowest BCUT2D eigenvalue weighted by molar-refractivity contribution is 0.319. The minimum atomic E-state index is -0.142. The molecule has 0 bridgehead atoms. The molecule has 0 spiro atoms. The van der Waals surface area contributed by atoms with E-state index in [0.29, 0.717) is 35.7 Å². The highest BCUT2D eigenvalue weighted by molar-refractivity contribution is 7.98. The summed E-state index contributed by atoms with van der Waals surface area (Å²) in [5, 5.41) is 16.1. The second-order valence-corrected chi connectivity index (χ2v) is 5.97. The van der Waals surface area contributed by atoms with E-state index in [4.69, 9.17) is 10.3 Å². The van der Waals surface area contributed by atoms with Crippen LogP contribution in [-0.2, 0) is 17.7 Å². The Morgan fingerprint density at radius 2 is 2.16 bits per heavy atom. The Bertz CT molecular complexity index is 530. The summed E-state index contributed by atoms with van der Waals surface area (Å²) in [4.78, 5) is 4.36. The number of nitrogens with zero attached hydrogens (tertiary/aromatic N) is 6. The third-order valence-electron chi connectivity index (χ3n) is 2.28.